The highest BCUT2D eigenvalue weighted by atomic mass is 16.6. The molecule has 6 heteroatoms. The molecule has 0 bridgehead atoms. The number of hydrogen-bond donors (Lipinski definition) is 1. The van der Waals surface area contributed by atoms with Crippen molar-refractivity contribution in [3.63, 3.8) is 0 Å². The third kappa shape index (κ3) is 3.78. The Kier molecular flexibility index (Phi) is 5.27. The van der Waals surface area contributed by atoms with E-state index in [9.17, 15) is 4.79 Å². The lowest BCUT2D eigenvalue weighted by Gasteiger charge is -2.22. The standard InChI is InChI=1S/C15H21NO5/c1-4-19-15(17)10(2)16-9-11-7-12(18-3)14-13(8-11)20-5-6-21-14/h7-8,10,16H,4-6,9H2,1-3H3. The summed E-state index contributed by atoms with van der Waals surface area (Å²) in [6.07, 6.45) is 0. The summed E-state index contributed by atoms with van der Waals surface area (Å²) in [6.45, 7) is 5.48. The minimum absolute atomic E-state index is 0.262. The Bertz CT molecular complexity index is 486. The van der Waals surface area contributed by atoms with Crippen LogP contribution in [0.5, 0.6) is 17.2 Å². The molecule has 0 saturated carbocycles. The SMILES string of the molecule is CCOC(=O)C(C)NCc1cc(OC)c2c(c1)OCCO2. The van der Waals surface area contributed by atoms with Gasteiger partial charge in [-0.3, -0.25) is 4.79 Å². The van der Waals surface area contributed by atoms with Crippen molar-refractivity contribution >= 4 is 5.97 Å². The molecule has 1 aliphatic heterocycles. The van der Waals surface area contributed by atoms with Crippen LogP contribution in [0.4, 0.5) is 0 Å². The molecule has 1 unspecified atom stereocenters. The molecule has 0 saturated heterocycles. The summed E-state index contributed by atoms with van der Waals surface area (Å²) in [4.78, 5) is 11.6. The van der Waals surface area contributed by atoms with Gasteiger partial charge in [-0.1, -0.05) is 0 Å². The van der Waals surface area contributed by atoms with Crippen LogP contribution in [-0.4, -0.2) is 38.9 Å². The summed E-state index contributed by atoms with van der Waals surface area (Å²) in [7, 11) is 1.59. The molecule has 21 heavy (non-hydrogen) atoms. The Morgan fingerprint density at radius 2 is 2.14 bits per heavy atom. The van der Waals surface area contributed by atoms with Crippen LogP contribution < -0.4 is 19.5 Å². The lowest BCUT2D eigenvalue weighted by molar-refractivity contribution is -0.145. The van der Waals surface area contributed by atoms with Crippen molar-refractivity contribution in [3.8, 4) is 17.2 Å². The number of esters is 1. The molecule has 1 aromatic rings. The molecule has 0 radical (unpaired) electrons. The van der Waals surface area contributed by atoms with Crippen molar-refractivity contribution in [2.75, 3.05) is 26.9 Å². The van der Waals surface area contributed by atoms with Gasteiger partial charge in [0.25, 0.3) is 0 Å². The summed E-state index contributed by atoms with van der Waals surface area (Å²) < 4.78 is 21.4. The molecule has 1 aromatic carbocycles. The molecule has 0 fully saturated rings. The van der Waals surface area contributed by atoms with Crippen LogP contribution in [0.1, 0.15) is 19.4 Å². The quantitative estimate of drug-likeness (QED) is 0.802. The zero-order chi connectivity index (χ0) is 15.2. The molecular formula is C15H21NO5. The topological polar surface area (TPSA) is 66.0 Å². The predicted octanol–water partition coefficient (Wildman–Crippen LogP) is 1.51. The van der Waals surface area contributed by atoms with Gasteiger partial charge in [0.15, 0.2) is 11.5 Å². The summed E-state index contributed by atoms with van der Waals surface area (Å²) in [6, 6.07) is 3.39. The number of nitrogens with one attached hydrogen (secondary N) is 1. The number of methoxy groups -OCH3 is 1. The first kappa shape index (κ1) is 15.4. The average Bonchev–Trinajstić information content (AvgIpc) is 2.51. The second-order valence-electron chi connectivity index (χ2n) is 4.68. The smallest absolute Gasteiger partial charge is 0.322 e. The highest BCUT2D eigenvalue weighted by molar-refractivity contribution is 5.75. The Morgan fingerprint density at radius 3 is 2.86 bits per heavy atom. The number of fused-ring (bicyclic) bond motifs is 1. The van der Waals surface area contributed by atoms with Crippen LogP contribution in [0, 0.1) is 0 Å². The van der Waals surface area contributed by atoms with E-state index in [0.717, 1.165) is 5.56 Å². The number of carbonyl (C=O) groups is 1. The molecule has 1 N–H and O–H groups in total. The number of benzene rings is 1. The van der Waals surface area contributed by atoms with Gasteiger partial charge in [-0.15, -0.1) is 0 Å². The zero-order valence-corrected chi connectivity index (χ0v) is 12.6. The van der Waals surface area contributed by atoms with Crippen LogP contribution in [0.15, 0.2) is 12.1 Å². The molecule has 0 spiro atoms. The van der Waals surface area contributed by atoms with Gasteiger partial charge in [0, 0.05) is 6.54 Å². The Balaban J connectivity index is 2.05. The van der Waals surface area contributed by atoms with Gasteiger partial charge < -0.3 is 24.3 Å². The van der Waals surface area contributed by atoms with Crippen molar-refractivity contribution < 1.29 is 23.7 Å². The zero-order valence-electron chi connectivity index (χ0n) is 12.6. The van der Waals surface area contributed by atoms with Crippen molar-refractivity contribution in [2.24, 2.45) is 0 Å². The molecule has 116 valence electrons. The third-order valence-electron chi connectivity index (χ3n) is 3.14. The van der Waals surface area contributed by atoms with E-state index in [2.05, 4.69) is 5.32 Å². The monoisotopic (exact) mass is 295 g/mol. The highest BCUT2D eigenvalue weighted by Crippen LogP contribution is 2.40. The second-order valence-corrected chi connectivity index (χ2v) is 4.68. The van der Waals surface area contributed by atoms with Gasteiger partial charge in [-0.25, -0.2) is 0 Å². The van der Waals surface area contributed by atoms with E-state index in [4.69, 9.17) is 18.9 Å². The van der Waals surface area contributed by atoms with Crippen molar-refractivity contribution in [2.45, 2.75) is 26.4 Å². The minimum Gasteiger partial charge on any atom is -0.493 e. The summed E-state index contributed by atoms with van der Waals surface area (Å²) in [5, 5.41) is 3.12. The Morgan fingerprint density at radius 1 is 1.38 bits per heavy atom. The molecule has 0 aromatic heterocycles. The first-order valence-electron chi connectivity index (χ1n) is 7.02. The fraction of sp³-hybridized carbons (Fsp3) is 0.533. The summed E-state index contributed by atoms with van der Waals surface area (Å²) >= 11 is 0. The normalized spacial score (nSPS) is 14.4. The minimum atomic E-state index is -0.371. The third-order valence-corrected chi connectivity index (χ3v) is 3.14. The van der Waals surface area contributed by atoms with E-state index in [1.807, 2.05) is 12.1 Å². The Labute approximate surface area is 124 Å². The van der Waals surface area contributed by atoms with Crippen LogP contribution in [0.3, 0.4) is 0 Å². The molecule has 1 atom stereocenters. The van der Waals surface area contributed by atoms with Crippen molar-refractivity contribution in [1.29, 1.82) is 0 Å². The molecule has 1 aliphatic rings. The maximum absolute atomic E-state index is 11.6. The van der Waals surface area contributed by atoms with Crippen LogP contribution >= 0.6 is 0 Å². The maximum Gasteiger partial charge on any atom is 0.322 e. The highest BCUT2D eigenvalue weighted by Gasteiger charge is 2.19. The fourth-order valence-corrected chi connectivity index (χ4v) is 2.05. The molecular weight excluding hydrogens is 274 g/mol. The molecule has 1 heterocycles. The largest absolute Gasteiger partial charge is 0.493 e. The summed E-state index contributed by atoms with van der Waals surface area (Å²) in [5.41, 5.74) is 0.951. The van der Waals surface area contributed by atoms with Crippen molar-refractivity contribution in [3.05, 3.63) is 17.7 Å². The number of rotatable bonds is 6. The van der Waals surface area contributed by atoms with Gasteiger partial charge in [0.2, 0.25) is 5.75 Å². The molecule has 2 rings (SSSR count). The maximum atomic E-state index is 11.6. The van der Waals surface area contributed by atoms with Gasteiger partial charge >= 0.3 is 5.97 Å². The summed E-state index contributed by atoms with van der Waals surface area (Å²) in [5.74, 6) is 1.67. The second kappa shape index (κ2) is 7.17. The first-order chi connectivity index (χ1) is 10.2. The van der Waals surface area contributed by atoms with E-state index in [0.29, 0.717) is 43.6 Å². The number of carbonyl (C=O) groups excluding carboxylic acids is 1. The van der Waals surface area contributed by atoms with E-state index < -0.39 is 0 Å². The van der Waals surface area contributed by atoms with E-state index in [1.54, 1.807) is 21.0 Å². The van der Waals surface area contributed by atoms with Crippen LogP contribution in [-0.2, 0) is 16.1 Å². The average molecular weight is 295 g/mol. The van der Waals surface area contributed by atoms with Crippen LogP contribution in [0.25, 0.3) is 0 Å². The Hall–Kier alpha value is -1.95. The lowest BCUT2D eigenvalue weighted by atomic mass is 10.1. The van der Waals surface area contributed by atoms with E-state index in [-0.39, 0.29) is 12.0 Å². The van der Waals surface area contributed by atoms with Gasteiger partial charge in [-0.05, 0) is 31.5 Å². The number of ether oxygens (including phenoxy) is 4. The molecule has 0 amide bonds. The van der Waals surface area contributed by atoms with Gasteiger partial charge in [0.05, 0.1) is 13.7 Å². The van der Waals surface area contributed by atoms with Gasteiger partial charge in [0.1, 0.15) is 19.3 Å². The van der Waals surface area contributed by atoms with E-state index >= 15 is 0 Å². The fourth-order valence-electron chi connectivity index (χ4n) is 2.05. The van der Waals surface area contributed by atoms with Gasteiger partial charge in [-0.2, -0.15) is 0 Å². The van der Waals surface area contributed by atoms with Crippen LogP contribution in [0.2, 0.25) is 0 Å². The molecule has 0 aliphatic carbocycles. The van der Waals surface area contributed by atoms with E-state index in [1.165, 1.54) is 0 Å². The van der Waals surface area contributed by atoms with Crippen molar-refractivity contribution in [1.82, 2.24) is 5.32 Å². The lowest BCUT2D eigenvalue weighted by Crippen LogP contribution is -2.34. The number of hydrogen-bond acceptors (Lipinski definition) is 6. The first-order valence-corrected chi connectivity index (χ1v) is 7.02. The molecule has 6 nitrogen and oxygen atoms in total. The predicted molar refractivity (Wildman–Crippen MR) is 76.9 cm³/mol.